The molecule has 0 heterocycles. The van der Waals surface area contributed by atoms with Crippen molar-refractivity contribution in [3.8, 4) is 0 Å². The molecule has 0 aromatic rings. The topological polar surface area (TPSA) is 33.7 Å². The van der Waals surface area contributed by atoms with E-state index in [1.807, 2.05) is 0 Å². The highest BCUT2D eigenvalue weighted by Gasteiger charge is 2.28. The molecule has 1 aliphatic rings. The molecule has 0 aromatic heterocycles. The van der Waals surface area contributed by atoms with E-state index in [1.165, 1.54) is 32.1 Å². The van der Waals surface area contributed by atoms with Crippen LogP contribution in [0.5, 0.6) is 0 Å². The van der Waals surface area contributed by atoms with Crippen LogP contribution in [0.3, 0.4) is 0 Å². The van der Waals surface area contributed by atoms with Gasteiger partial charge in [0.15, 0.2) is 0 Å². The highest BCUT2D eigenvalue weighted by atomic mass is 16.5. The van der Waals surface area contributed by atoms with E-state index in [0.717, 1.165) is 46.1 Å². The lowest BCUT2D eigenvalue weighted by molar-refractivity contribution is 0.0506. The lowest BCUT2D eigenvalue weighted by atomic mass is 10.0. The van der Waals surface area contributed by atoms with Gasteiger partial charge in [-0.25, -0.2) is 0 Å². The van der Waals surface area contributed by atoms with Crippen LogP contribution in [0, 0.1) is 0 Å². The second-order valence-corrected chi connectivity index (χ2v) is 5.80. The Hall–Kier alpha value is -0.160. The molecule has 0 aromatic carbocycles. The van der Waals surface area contributed by atoms with Crippen LogP contribution in [-0.4, -0.2) is 63.0 Å². The van der Waals surface area contributed by atoms with Gasteiger partial charge in [0, 0.05) is 38.4 Å². The molecule has 0 spiro atoms. The fourth-order valence-electron chi connectivity index (χ4n) is 3.32. The van der Waals surface area contributed by atoms with Gasteiger partial charge in [-0.05, 0) is 33.2 Å². The van der Waals surface area contributed by atoms with Crippen molar-refractivity contribution in [2.45, 2.75) is 65.0 Å². The van der Waals surface area contributed by atoms with Gasteiger partial charge in [0.2, 0.25) is 0 Å². The maximum Gasteiger partial charge on any atom is 0.0593 e. The minimum Gasteiger partial charge on any atom is -0.380 e. The van der Waals surface area contributed by atoms with Crippen LogP contribution < -0.4 is 5.32 Å². The number of nitrogens with zero attached hydrogens (tertiary/aromatic N) is 1. The molecule has 4 nitrogen and oxygen atoms in total. The second-order valence-electron chi connectivity index (χ2n) is 5.80. The quantitative estimate of drug-likeness (QED) is 0.470. The molecule has 1 saturated carbocycles. The number of hydrogen-bond acceptors (Lipinski definition) is 4. The second kappa shape index (κ2) is 12.4. The molecule has 0 saturated heterocycles. The zero-order chi connectivity index (χ0) is 15.3. The molecule has 21 heavy (non-hydrogen) atoms. The molecule has 0 bridgehead atoms. The zero-order valence-corrected chi connectivity index (χ0v) is 14.4. The summed E-state index contributed by atoms with van der Waals surface area (Å²) in [7, 11) is 0. The maximum absolute atomic E-state index is 5.58. The Morgan fingerprint density at radius 3 is 2.10 bits per heavy atom. The lowest BCUT2D eigenvalue weighted by Crippen LogP contribution is -2.51. The van der Waals surface area contributed by atoms with Gasteiger partial charge in [0.25, 0.3) is 0 Å². The molecule has 1 N–H and O–H groups in total. The molecule has 0 aliphatic heterocycles. The van der Waals surface area contributed by atoms with Gasteiger partial charge in [-0.2, -0.15) is 0 Å². The van der Waals surface area contributed by atoms with Crippen LogP contribution in [0.25, 0.3) is 0 Å². The van der Waals surface area contributed by atoms with E-state index in [1.54, 1.807) is 0 Å². The van der Waals surface area contributed by atoms with E-state index >= 15 is 0 Å². The SMILES string of the molecule is CCNC1CCCCCC1N(CCOCC)CCOCC. The Kier molecular flexibility index (Phi) is 11.1. The fourth-order valence-corrected chi connectivity index (χ4v) is 3.32. The van der Waals surface area contributed by atoms with Crippen LogP contribution in [0.4, 0.5) is 0 Å². The summed E-state index contributed by atoms with van der Waals surface area (Å²) in [5.74, 6) is 0. The van der Waals surface area contributed by atoms with Crippen molar-refractivity contribution in [2.24, 2.45) is 0 Å². The molecule has 4 heteroatoms. The van der Waals surface area contributed by atoms with Crippen LogP contribution in [-0.2, 0) is 9.47 Å². The first-order chi connectivity index (χ1) is 10.3. The van der Waals surface area contributed by atoms with E-state index in [-0.39, 0.29) is 0 Å². The first-order valence-corrected chi connectivity index (χ1v) is 8.96. The van der Waals surface area contributed by atoms with Crippen molar-refractivity contribution >= 4 is 0 Å². The molecule has 1 aliphatic carbocycles. The smallest absolute Gasteiger partial charge is 0.0593 e. The monoisotopic (exact) mass is 300 g/mol. The molecule has 1 fully saturated rings. The lowest BCUT2D eigenvalue weighted by Gasteiger charge is -2.36. The molecule has 0 radical (unpaired) electrons. The Balaban J connectivity index is 2.60. The Labute approximate surface area is 131 Å². The summed E-state index contributed by atoms with van der Waals surface area (Å²) in [4.78, 5) is 2.60. The first-order valence-electron chi connectivity index (χ1n) is 8.96. The van der Waals surface area contributed by atoms with Crippen LogP contribution in [0.2, 0.25) is 0 Å². The van der Waals surface area contributed by atoms with Crippen LogP contribution in [0.1, 0.15) is 52.9 Å². The molecule has 2 unspecified atom stereocenters. The first kappa shape index (κ1) is 18.9. The predicted octanol–water partition coefficient (Wildman–Crippen LogP) is 2.67. The van der Waals surface area contributed by atoms with Crippen LogP contribution >= 0.6 is 0 Å². The van der Waals surface area contributed by atoms with Gasteiger partial charge in [-0.15, -0.1) is 0 Å². The third-order valence-corrected chi connectivity index (χ3v) is 4.37. The van der Waals surface area contributed by atoms with Crippen molar-refractivity contribution in [3.05, 3.63) is 0 Å². The van der Waals surface area contributed by atoms with E-state index in [2.05, 4.69) is 31.0 Å². The molecule has 0 amide bonds. The minimum atomic E-state index is 0.626. The van der Waals surface area contributed by atoms with E-state index < -0.39 is 0 Å². The van der Waals surface area contributed by atoms with Crippen LogP contribution in [0.15, 0.2) is 0 Å². The minimum absolute atomic E-state index is 0.626. The summed E-state index contributed by atoms with van der Waals surface area (Å²) >= 11 is 0. The molecule has 2 atom stereocenters. The van der Waals surface area contributed by atoms with Crippen molar-refractivity contribution in [3.63, 3.8) is 0 Å². The van der Waals surface area contributed by atoms with Crippen molar-refractivity contribution in [1.29, 1.82) is 0 Å². The maximum atomic E-state index is 5.58. The molecular formula is C17H36N2O2. The average Bonchev–Trinajstić information content (AvgIpc) is 2.72. The summed E-state index contributed by atoms with van der Waals surface area (Å²) in [6.45, 7) is 12.7. The number of ether oxygens (including phenoxy) is 2. The highest BCUT2D eigenvalue weighted by molar-refractivity contribution is 4.86. The highest BCUT2D eigenvalue weighted by Crippen LogP contribution is 2.22. The van der Waals surface area contributed by atoms with Gasteiger partial charge in [0.1, 0.15) is 0 Å². The molecule has 126 valence electrons. The average molecular weight is 300 g/mol. The molecule has 1 rings (SSSR count). The largest absolute Gasteiger partial charge is 0.380 e. The van der Waals surface area contributed by atoms with Gasteiger partial charge in [0.05, 0.1) is 13.2 Å². The fraction of sp³-hybridized carbons (Fsp3) is 1.00. The van der Waals surface area contributed by atoms with E-state index in [0.29, 0.717) is 12.1 Å². The summed E-state index contributed by atoms with van der Waals surface area (Å²) in [6, 6.07) is 1.26. The Morgan fingerprint density at radius 2 is 1.52 bits per heavy atom. The van der Waals surface area contributed by atoms with Crippen molar-refractivity contribution in [2.75, 3.05) is 46.1 Å². The standard InChI is InChI=1S/C17H36N2O2/c1-4-18-16-10-8-7-9-11-17(16)19(12-14-20-5-2)13-15-21-6-3/h16-18H,4-15H2,1-3H3. The van der Waals surface area contributed by atoms with E-state index in [4.69, 9.17) is 9.47 Å². The summed E-state index contributed by atoms with van der Waals surface area (Å²) < 4.78 is 11.2. The van der Waals surface area contributed by atoms with Gasteiger partial charge in [-0.1, -0.05) is 26.2 Å². The summed E-state index contributed by atoms with van der Waals surface area (Å²) in [5, 5.41) is 3.71. The van der Waals surface area contributed by atoms with Crippen molar-refractivity contribution < 1.29 is 9.47 Å². The third-order valence-electron chi connectivity index (χ3n) is 4.37. The van der Waals surface area contributed by atoms with Gasteiger partial charge < -0.3 is 14.8 Å². The summed E-state index contributed by atoms with van der Waals surface area (Å²) in [6.07, 6.45) is 6.70. The number of likely N-dealkylation sites (N-methyl/N-ethyl adjacent to an activating group) is 1. The molecular weight excluding hydrogens is 264 g/mol. The van der Waals surface area contributed by atoms with E-state index in [9.17, 15) is 0 Å². The predicted molar refractivity (Wildman–Crippen MR) is 88.9 cm³/mol. The number of hydrogen-bond donors (Lipinski definition) is 1. The Morgan fingerprint density at radius 1 is 0.905 bits per heavy atom. The normalized spacial score (nSPS) is 23.4. The van der Waals surface area contributed by atoms with Gasteiger partial charge >= 0.3 is 0 Å². The third kappa shape index (κ3) is 7.59. The van der Waals surface area contributed by atoms with Crippen molar-refractivity contribution in [1.82, 2.24) is 10.2 Å². The summed E-state index contributed by atoms with van der Waals surface area (Å²) in [5.41, 5.74) is 0. The van der Waals surface area contributed by atoms with Gasteiger partial charge in [-0.3, -0.25) is 4.90 Å². The zero-order valence-electron chi connectivity index (χ0n) is 14.4. The number of rotatable bonds is 11. The Bertz CT molecular complexity index is 229. The number of nitrogens with one attached hydrogen (secondary N) is 1.